The third-order valence-corrected chi connectivity index (χ3v) is 3.58. The first kappa shape index (κ1) is 13.0. The summed E-state index contributed by atoms with van der Waals surface area (Å²) in [6.45, 7) is -0.264. The van der Waals surface area contributed by atoms with Crippen molar-refractivity contribution in [2.75, 3.05) is 12.4 Å². The summed E-state index contributed by atoms with van der Waals surface area (Å²) in [5.74, 6) is 0.417. The van der Waals surface area contributed by atoms with E-state index in [0.29, 0.717) is 5.75 Å². The highest BCUT2D eigenvalue weighted by Crippen LogP contribution is 2.27. The van der Waals surface area contributed by atoms with Crippen LogP contribution in [-0.4, -0.2) is 33.8 Å². The first-order valence-electron chi connectivity index (χ1n) is 4.48. The Kier molecular flexibility index (Phi) is 5.63. The first-order chi connectivity index (χ1) is 7.17. The van der Waals surface area contributed by atoms with Crippen LogP contribution in [0.15, 0.2) is 27.6 Å². The van der Waals surface area contributed by atoms with Crippen LogP contribution in [0.5, 0.6) is 0 Å². The van der Waals surface area contributed by atoms with Gasteiger partial charge in [0.1, 0.15) is 0 Å². The molecule has 0 heterocycles. The maximum atomic E-state index is 9.21. The molecular formula is C10H13BrO3S. The zero-order valence-corrected chi connectivity index (χ0v) is 10.5. The summed E-state index contributed by atoms with van der Waals surface area (Å²) in [5, 5.41) is 27.0. The van der Waals surface area contributed by atoms with Crippen molar-refractivity contribution in [2.24, 2.45) is 0 Å². The Morgan fingerprint density at radius 3 is 2.67 bits per heavy atom. The summed E-state index contributed by atoms with van der Waals surface area (Å²) in [7, 11) is 0. The minimum Gasteiger partial charge on any atom is -0.394 e. The van der Waals surface area contributed by atoms with Crippen molar-refractivity contribution >= 4 is 27.7 Å². The molecule has 1 unspecified atom stereocenters. The van der Waals surface area contributed by atoms with Gasteiger partial charge in [-0.3, -0.25) is 0 Å². The Balaban J connectivity index is 2.69. The predicted molar refractivity (Wildman–Crippen MR) is 63.9 cm³/mol. The minimum atomic E-state index is -0.722. The topological polar surface area (TPSA) is 60.7 Å². The van der Waals surface area contributed by atoms with Crippen LogP contribution >= 0.6 is 27.7 Å². The third kappa shape index (κ3) is 4.12. The molecule has 0 saturated carbocycles. The SMILES string of the molecule is OCc1ccc(Br)cc1SCC(O)CO. The van der Waals surface area contributed by atoms with Gasteiger partial charge in [0.05, 0.1) is 19.3 Å². The maximum absolute atomic E-state index is 9.21. The standard InChI is InChI=1S/C10H13BrO3S/c11-8-2-1-7(4-12)10(3-8)15-6-9(14)5-13/h1-3,9,12-14H,4-6H2. The molecule has 0 spiro atoms. The zero-order valence-electron chi connectivity index (χ0n) is 8.06. The van der Waals surface area contributed by atoms with Gasteiger partial charge >= 0.3 is 0 Å². The Hall–Kier alpha value is -0.0700. The molecule has 0 fully saturated rings. The summed E-state index contributed by atoms with van der Waals surface area (Å²) >= 11 is 4.76. The number of aliphatic hydroxyl groups is 3. The molecule has 0 aliphatic rings. The molecule has 0 aliphatic carbocycles. The fraction of sp³-hybridized carbons (Fsp3) is 0.400. The molecule has 5 heteroatoms. The molecule has 3 nitrogen and oxygen atoms in total. The van der Waals surface area contributed by atoms with Crippen molar-refractivity contribution < 1.29 is 15.3 Å². The highest BCUT2D eigenvalue weighted by molar-refractivity contribution is 9.10. The minimum absolute atomic E-state index is 0.0230. The lowest BCUT2D eigenvalue weighted by Gasteiger charge is -2.10. The number of aliphatic hydroxyl groups excluding tert-OH is 3. The molecule has 1 rings (SSSR count). The van der Waals surface area contributed by atoms with Crippen molar-refractivity contribution in [3.8, 4) is 0 Å². The van der Waals surface area contributed by atoms with Gasteiger partial charge in [0.2, 0.25) is 0 Å². The highest BCUT2D eigenvalue weighted by atomic mass is 79.9. The van der Waals surface area contributed by atoms with Gasteiger partial charge in [0.15, 0.2) is 0 Å². The Morgan fingerprint density at radius 2 is 2.07 bits per heavy atom. The first-order valence-corrected chi connectivity index (χ1v) is 6.26. The largest absolute Gasteiger partial charge is 0.394 e. The maximum Gasteiger partial charge on any atom is 0.0864 e. The lowest BCUT2D eigenvalue weighted by Crippen LogP contribution is -2.14. The van der Waals surface area contributed by atoms with Crippen LogP contribution in [0.4, 0.5) is 0 Å². The van der Waals surface area contributed by atoms with Crippen molar-refractivity contribution in [3.63, 3.8) is 0 Å². The molecular weight excluding hydrogens is 280 g/mol. The Bertz CT molecular complexity index is 320. The van der Waals surface area contributed by atoms with Crippen LogP contribution in [0.3, 0.4) is 0 Å². The van der Waals surface area contributed by atoms with Crippen molar-refractivity contribution in [3.05, 3.63) is 28.2 Å². The van der Waals surface area contributed by atoms with Crippen LogP contribution in [0.2, 0.25) is 0 Å². The molecule has 1 aromatic carbocycles. The fourth-order valence-electron chi connectivity index (χ4n) is 1.03. The number of rotatable bonds is 5. The van der Waals surface area contributed by atoms with Gasteiger partial charge < -0.3 is 15.3 Å². The summed E-state index contributed by atoms with van der Waals surface area (Å²) in [6.07, 6.45) is -0.722. The average molecular weight is 293 g/mol. The molecule has 3 N–H and O–H groups in total. The predicted octanol–water partition coefficient (Wildman–Crippen LogP) is 1.39. The smallest absolute Gasteiger partial charge is 0.0864 e. The number of hydrogen-bond donors (Lipinski definition) is 3. The van der Waals surface area contributed by atoms with E-state index in [1.165, 1.54) is 11.8 Å². The highest BCUT2D eigenvalue weighted by Gasteiger charge is 2.07. The molecule has 0 aromatic heterocycles. The monoisotopic (exact) mass is 292 g/mol. The van der Waals surface area contributed by atoms with Gasteiger partial charge in [-0.2, -0.15) is 0 Å². The van der Waals surface area contributed by atoms with Crippen LogP contribution in [0.25, 0.3) is 0 Å². The van der Waals surface area contributed by atoms with Crippen molar-refractivity contribution in [1.82, 2.24) is 0 Å². The number of benzene rings is 1. The second kappa shape index (κ2) is 6.50. The molecule has 1 aromatic rings. The van der Waals surface area contributed by atoms with Gasteiger partial charge in [-0.25, -0.2) is 0 Å². The van der Waals surface area contributed by atoms with Crippen LogP contribution in [-0.2, 0) is 6.61 Å². The van der Waals surface area contributed by atoms with E-state index in [0.717, 1.165) is 14.9 Å². The molecule has 0 amide bonds. The summed E-state index contributed by atoms with van der Waals surface area (Å²) in [6, 6.07) is 5.58. The van der Waals surface area contributed by atoms with E-state index >= 15 is 0 Å². The molecule has 0 radical (unpaired) electrons. The fourth-order valence-corrected chi connectivity index (χ4v) is 2.55. The average Bonchev–Trinajstić information content (AvgIpc) is 2.26. The zero-order chi connectivity index (χ0) is 11.3. The normalized spacial score (nSPS) is 12.8. The van der Waals surface area contributed by atoms with E-state index in [-0.39, 0.29) is 13.2 Å². The number of halogens is 1. The lowest BCUT2D eigenvalue weighted by molar-refractivity contribution is 0.113. The molecule has 84 valence electrons. The van der Waals surface area contributed by atoms with Gasteiger partial charge in [-0.15, -0.1) is 11.8 Å². The van der Waals surface area contributed by atoms with E-state index in [9.17, 15) is 5.11 Å². The number of thioether (sulfide) groups is 1. The van der Waals surface area contributed by atoms with Gasteiger partial charge in [0.25, 0.3) is 0 Å². The molecule has 0 bridgehead atoms. The second-order valence-corrected chi connectivity index (χ2v) is 5.04. The molecule has 0 saturated heterocycles. The van der Waals surface area contributed by atoms with Crippen LogP contribution in [0, 0.1) is 0 Å². The van der Waals surface area contributed by atoms with Crippen LogP contribution in [0.1, 0.15) is 5.56 Å². The van der Waals surface area contributed by atoms with E-state index < -0.39 is 6.10 Å². The van der Waals surface area contributed by atoms with Crippen LogP contribution < -0.4 is 0 Å². The van der Waals surface area contributed by atoms with Crippen molar-refractivity contribution in [2.45, 2.75) is 17.6 Å². The molecule has 1 atom stereocenters. The summed E-state index contributed by atoms with van der Waals surface area (Å²) < 4.78 is 0.931. The Labute approximate surface area is 101 Å². The van der Waals surface area contributed by atoms with Gasteiger partial charge in [-0.1, -0.05) is 22.0 Å². The van der Waals surface area contributed by atoms with E-state index in [1.54, 1.807) is 0 Å². The summed E-state index contributed by atoms with van der Waals surface area (Å²) in [4.78, 5) is 0.916. The van der Waals surface area contributed by atoms with Crippen molar-refractivity contribution in [1.29, 1.82) is 0 Å². The second-order valence-electron chi connectivity index (χ2n) is 3.06. The molecule has 15 heavy (non-hydrogen) atoms. The van der Waals surface area contributed by atoms with E-state index in [2.05, 4.69) is 15.9 Å². The third-order valence-electron chi connectivity index (χ3n) is 1.84. The Morgan fingerprint density at radius 1 is 1.33 bits per heavy atom. The van der Waals surface area contributed by atoms with E-state index in [4.69, 9.17) is 10.2 Å². The quantitative estimate of drug-likeness (QED) is 0.718. The van der Waals surface area contributed by atoms with Gasteiger partial charge in [0, 0.05) is 15.1 Å². The number of hydrogen-bond acceptors (Lipinski definition) is 4. The lowest BCUT2D eigenvalue weighted by atomic mass is 10.2. The molecule has 0 aliphatic heterocycles. The van der Waals surface area contributed by atoms with Gasteiger partial charge in [-0.05, 0) is 17.7 Å². The van der Waals surface area contributed by atoms with E-state index in [1.807, 2.05) is 18.2 Å². The summed E-state index contributed by atoms with van der Waals surface area (Å²) in [5.41, 5.74) is 0.827.